The second kappa shape index (κ2) is 6.04. The van der Waals surface area contributed by atoms with Crippen LogP contribution in [-0.4, -0.2) is 19.9 Å². The van der Waals surface area contributed by atoms with Crippen LogP contribution < -0.4 is 4.90 Å². The molecule has 2 nitrogen and oxygen atoms in total. The SMILES string of the molecule is C/C=C\C=C(/C)C(=O)c1ccc(N(C)C)cc1. The van der Waals surface area contributed by atoms with Gasteiger partial charge in [0, 0.05) is 25.3 Å². The Morgan fingerprint density at radius 3 is 2.24 bits per heavy atom. The molecule has 0 atom stereocenters. The molecule has 1 aromatic rings. The lowest BCUT2D eigenvalue weighted by Crippen LogP contribution is -2.09. The summed E-state index contributed by atoms with van der Waals surface area (Å²) in [5.74, 6) is 0.0772. The molecule has 2 heteroatoms. The van der Waals surface area contributed by atoms with Crippen molar-refractivity contribution >= 4 is 11.5 Å². The van der Waals surface area contributed by atoms with E-state index in [-0.39, 0.29) is 5.78 Å². The fraction of sp³-hybridized carbons (Fsp3) is 0.267. The van der Waals surface area contributed by atoms with Gasteiger partial charge in [-0.05, 0) is 43.7 Å². The average Bonchev–Trinajstić information content (AvgIpc) is 2.35. The first-order valence-corrected chi connectivity index (χ1v) is 5.68. The second-order valence-corrected chi connectivity index (χ2v) is 4.15. The minimum absolute atomic E-state index is 0.0772. The van der Waals surface area contributed by atoms with Crippen LogP contribution in [0.5, 0.6) is 0 Å². The van der Waals surface area contributed by atoms with Crippen LogP contribution in [0.1, 0.15) is 24.2 Å². The number of ketones is 1. The van der Waals surface area contributed by atoms with Crippen LogP contribution in [0, 0.1) is 0 Å². The van der Waals surface area contributed by atoms with Gasteiger partial charge >= 0.3 is 0 Å². The summed E-state index contributed by atoms with van der Waals surface area (Å²) in [6.07, 6.45) is 5.62. The number of rotatable bonds is 4. The summed E-state index contributed by atoms with van der Waals surface area (Å²) in [5.41, 5.74) is 2.58. The van der Waals surface area contributed by atoms with Gasteiger partial charge in [-0.1, -0.05) is 18.2 Å². The van der Waals surface area contributed by atoms with E-state index in [0.717, 1.165) is 16.8 Å². The molecule has 0 saturated heterocycles. The number of anilines is 1. The van der Waals surface area contributed by atoms with Crippen molar-refractivity contribution in [1.29, 1.82) is 0 Å². The smallest absolute Gasteiger partial charge is 0.188 e. The number of benzene rings is 1. The summed E-state index contributed by atoms with van der Waals surface area (Å²) in [6, 6.07) is 7.64. The fourth-order valence-corrected chi connectivity index (χ4v) is 1.45. The van der Waals surface area contributed by atoms with Crippen molar-refractivity contribution in [3.8, 4) is 0 Å². The highest BCUT2D eigenvalue weighted by molar-refractivity contribution is 6.08. The predicted molar refractivity (Wildman–Crippen MR) is 73.7 cm³/mol. The van der Waals surface area contributed by atoms with Gasteiger partial charge in [0.15, 0.2) is 5.78 Å². The second-order valence-electron chi connectivity index (χ2n) is 4.15. The highest BCUT2D eigenvalue weighted by atomic mass is 16.1. The van der Waals surface area contributed by atoms with Gasteiger partial charge in [0.05, 0.1) is 0 Å². The van der Waals surface area contributed by atoms with E-state index in [1.165, 1.54) is 0 Å². The summed E-state index contributed by atoms with van der Waals surface area (Å²) in [4.78, 5) is 14.0. The van der Waals surface area contributed by atoms with Gasteiger partial charge in [0.1, 0.15) is 0 Å². The van der Waals surface area contributed by atoms with Crippen molar-refractivity contribution in [2.45, 2.75) is 13.8 Å². The lowest BCUT2D eigenvalue weighted by molar-refractivity contribution is 0.103. The Morgan fingerprint density at radius 2 is 1.76 bits per heavy atom. The van der Waals surface area contributed by atoms with E-state index in [0.29, 0.717) is 0 Å². The summed E-state index contributed by atoms with van der Waals surface area (Å²) in [7, 11) is 3.96. The summed E-state index contributed by atoms with van der Waals surface area (Å²) < 4.78 is 0. The molecule has 17 heavy (non-hydrogen) atoms. The van der Waals surface area contributed by atoms with Crippen LogP contribution in [0.25, 0.3) is 0 Å². The highest BCUT2D eigenvalue weighted by Crippen LogP contribution is 2.15. The maximum absolute atomic E-state index is 12.0. The highest BCUT2D eigenvalue weighted by Gasteiger charge is 2.07. The summed E-state index contributed by atoms with van der Waals surface area (Å²) >= 11 is 0. The Labute approximate surface area is 103 Å². The van der Waals surface area contributed by atoms with Crippen molar-refractivity contribution in [3.05, 3.63) is 53.6 Å². The van der Waals surface area contributed by atoms with Crippen molar-refractivity contribution < 1.29 is 4.79 Å². The van der Waals surface area contributed by atoms with E-state index in [1.807, 2.05) is 75.3 Å². The maximum atomic E-state index is 12.0. The van der Waals surface area contributed by atoms with Gasteiger partial charge in [-0.3, -0.25) is 4.79 Å². The number of allylic oxidation sites excluding steroid dienone is 4. The molecule has 0 aliphatic carbocycles. The molecule has 0 fully saturated rings. The Hall–Kier alpha value is -1.83. The average molecular weight is 229 g/mol. The first-order chi connectivity index (χ1) is 8.06. The Morgan fingerprint density at radius 1 is 1.18 bits per heavy atom. The largest absolute Gasteiger partial charge is 0.378 e. The summed E-state index contributed by atoms with van der Waals surface area (Å²) in [5, 5.41) is 0. The van der Waals surface area contributed by atoms with Crippen molar-refractivity contribution in [2.75, 3.05) is 19.0 Å². The fourth-order valence-electron chi connectivity index (χ4n) is 1.45. The van der Waals surface area contributed by atoms with Gasteiger partial charge in [-0.2, -0.15) is 0 Å². The number of hydrogen-bond donors (Lipinski definition) is 0. The van der Waals surface area contributed by atoms with E-state index < -0.39 is 0 Å². The van der Waals surface area contributed by atoms with Crippen LogP contribution in [-0.2, 0) is 0 Å². The van der Waals surface area contributed by atoms with Gasteiger partial charge in [0.25, 0.3) is 0 Å². The zero-order valence-corrected chi connectivity index (χ0v) is 10.9. The number of nitrogens with zero attached hydrogens (tertiary/aromatic N) is 1. The lowest BCUT2D eigenvalue weighted by Gasteiger charge is -2.12. The quantitative estimate of drug-likeness (QED) is 0.447. The van der Waals surface area contributed by atoms with Gasteiger partial charge in [-0.25, -0.2) is 0 Å². The molecule has 0 unspecified atom stereocenters. The van der Waals surface area contributed by atoms with E-state index in [4.69, 9.17) is 0 Å². The number of hydrogen-bond acceptors (Lipinski definition) is 2. The molecular weight excluding hydrogens is 210 g/mol. The molecule has 0 spiro atoms. The Balaban J connectivity index is 2.90. The standard InChI is InChI=1S/C15H19NO/c1-5-6-7-12(2)15(17)13-8-10-14(11-9-13)16(3)4/h5-11H,1-4H3/b6-5-,12-7+. The Kier molecular flexibility index (Phi) is 4.70. The van der Waals surface area contributed by atoms with E-state index >= 15 is 0 Å². The number of Topliss-reactive ketones (excluding diaryl/α,β-unsaturated/α-hetero) is 1. The number of carbonyl (C=O) groups is 1. The molecule has 0 amide bonds. The van der Waals surface area contributed by atoms with Gasteiger partial charge < -0.3 is 4.90 Å². The molecule has 0 aliphatic rings. The van der Waals surface area contributed by atoms with E-state index in [2.05, 4.69) is 0 Å². The van der Waals surface area contributed by atoms with E-state index in [9.17, 15) is 4.79 Å². The minimum Gasteiger partial charge on any atom is -0.378 e. The van der Waals surface area contributed by atoms with Gasteiger partial charge in [-0.15, -0.1) is 0 Å². The molecule has 0 aliphatic heterocycles. The normalized spacial score (nSPS) is 11.9. The third kappa shape index (κ3) is 3.59. The predicted octanol–water partition coefficient (Wildman–Crippen LogP) is 3.46. The molecule has 0 saturated carbocycles. The molecule has 0 bridgehead atoms. The molecular formula is C15H19NO. The lowest BCUT2D eigenvalue weighted by atomic mass is 10.0. The molecule has 0 aromatic heterocycles. The zero-order valence-electron chi connectivity index (χ0n) is 10.9. The molecule has 1 rings (SSSR count). The van der Waals surface area contributed by atoms with E-state index in [1.54, 1.807) is 0 Å². The zero-order chi connectivity index (χ0) is 12.8. The minimum atomic E-state index is 0.0772. The van der Waals surface area contributed by atoms with Crippen molar-refractivity contribution in [1.82, 2.24) is 0 Å². The van der Waals surface area contributed by atoms with Crippen LogP contribution >= 0.6 is 0 Å². The molecule has 0 radical (unpaired) electrons. The first-order valence-electron chi connectivity index (χ1n) is 5.68. The molecule has 90 valence electrons. The molecule has 0 heterocycles. The molecule has 1 aromatic carbocycles. The first kappa shape index (κ1) is 13.2. The Bertz CT molecular complexity index is 438. The van der Waals surface area contributed by atoms with Crippen molar-refractivity contribution in [3.63, 3.8) is 0 Å². The molecule has 0 N–H and O–H groups in total. The number of carbonyl (C=O) groups excluding carboxylic acids is 1. The maximum Gasteiger partial charge on any atom is 0.188 e. The van der Waals surface area contributed by atoms with Crippen LogP contribution in [0.15, 0.2) is 48.1 Å². The van der Waals surface area contributed by atoms with Gasteiger partial charge in [0.2, 0.25) is 0 Å². The van der Waals surface area contributed by atoms with Crippen LogP contribution in [0.4, 0.5) is 5.69 Å². The van der Waals surface area contributed by atoms with Crippen molar-refractivity contribution in [2.24, 2.45) is 0 Å². The monoisotopic (exact) mass is 229 g/mol. The third-order valence-corrected chi connectivity index (χ3v) is 2.54. The summed E-state index contributed by atoms with van der Waals surface area (Å²) in [6.45, 7) is 3.77. The topological polar surface area (TPSA) is 20.3 Å². The van der Waals surface area contributed by atoms with Crippen LogP contribution in [0.3, 0.4) is 0 Å². The van der Waals surface area contributed by atoms with Crippen LogP contribution in [0.2, 0.25) is 0 Å². The third-order valence-electron chi connectivity index (χ3n) is 2.54.